The van der Waals surface area contributed by atoms with Crippen molar-refractivity contribution >= 4 is 167 Å². The lowest BCUT2D eigenvalue weighted by Crippen LogP contribution is -2.14. The summed E-state index contributed by atoms with van der Waals surface area (Å²) in [6.45, 7) is 14.0. The van der Waals surface area contributed by atoms with E-state index >= 15 is 0 Å². The van der Waals surface area contributed by atoms with Crippen LogP contribution >= 0.6 is 34.0 Å². The number of para-hydroxylation sites is 1. The molecule has 0 spiro atoms. The van der Waals surface area contributed by atoms with Crippen molar-refractivity contribution in [2.24, 2.45) is 0 Å². The van der Waals surface area contributed by atoms with Gasteiger partial charge in [0.1, 0.15) is 0 Å². The van der Waals surface area contributed by atoms with Crippen LogP contribution in [0.15, 0.2) is 443 Å². The monoisotopic (exact) mass is 1730 g/mol. The third-order valence-corrected chi connectivity index (χ3v) is 31.4. The molecule has 0 N–H and O–H groups in total. The van der Waals surface area contributed by atoms with Gasteiger partial charge in [0.05, 0.1) is 5.69 Å². The van der Waals surface area contributed by atoms with E-state index in [1.54, 1.807) is 0 Å². The first kappa shape index (κ1) is 79.4. The fourth-order valence-corrected chi connectivity index (χ4v) is 24.7. The molecule has 0 amide bonds. The minimum atomic E-state index is 0.0167. The molecule has 3 nitrogen and oxygen atoms in total. The van der Waals surface area contributed by atoms with Crippen LogP contribution in [0.2, 0.25) is 0 Å². The highest BCUT2D eigenvalue weighted by Crippen LogP contribution is 2.55. The molecule has 6 heteroatoms. The smallest absolute Gasteiger partial charge is 0.0540 e. The molecule has 3 aliphatic rings. The molecule has 23 aromatic rings. The maximum absolute atomic E-state index is 2.41. The zero-order valence-electron chi connectivity index (χ0n) is 73.7. The number of rotatable bonds is 12. The first-order valence-corrected chi connectivity index (χ1v) is 47.8. The average Bonchev–Trinajstić information content (AvgIpc) is 1.58. The van der Waals surface area contributed by atoms with Gasteiger partial charge in [-0.15, -0.1) is 34.0 Å². The fraction of sp³-hybridized carbons (Fsp3) is 0.0720. The lowest BCUT2D eigenvalue weighted by atomic mass is 9.82. The quantitative estimate of drug-likeness (QED) is 0.121. The summed E-state index contributed by atoms with van der Waals surface area (Å²) in [7, 11) is 0. The fourth-order valence-electron chi connectivity index (χ4n) is 21.3. The van der Waals surface area contributed by atoms with E-state index in [-0.39, 0.29) is 16.2 Å². The summed E-state index contributed by atoms with van der Waals surface area (Å²) in [5.74, 6) is 0. The number of benzene rings is 20. The molecule has 0 aliphatic heterocycles. The number of fused-ring (bicyclic) bond motifs is 20. The summed E-state index contributed by atoms with van der Waals surface area (Å²) < 4.78 is 7.89. The van der Waals surface area contributed by atoms with Crippen molar-refractivity contribution in [3.63, 3.8) is 0 Å². The second-order valence-electron chi connectivity index (χ2n) is 36.6. The van der Waals surface area contributed by atoms with Gasteiger partial charge in [-0.25, -0.2) is 0 Å². The molecule has 26 rings (SSSR count). The Morgan fingerprint density at radius 3 is 0.870 bits per heavy atom. The van der Waals surface area contributed by atoms with E-state index in [1.165, 1.54) is 194 Å². The first-order chi connectivity index (χ1) is 64.2. The largest absolute Gasteiger partial charge is 0.310 e. The van der Waals surface area contributed by atoms with Gasteiger partial charge in [-0.05, 0) is 256 Å². The average molecular weight is 1730 g/mol. The predicted molar refractivity (Wildman–Crippen MR) is 566 cm³/mol. The molecule has 0 bridgehead atoms. The topological polar surface area (TPSA) is 9.72 Å². The van der Waals surface area contributed by atoms with Crippen molar-refractivity contribution in [1.82, 2.24) is 0 Å². The molecule has 0 fully saturated rings. The zero-order valence-corrected chi connectivity index (χ0v) is 76.2. The lowest BCUT2D eigenvalue weighted by molar-refractivity contribution is 0.660. The van der Waals surface area contributed by atoms with Gasteiger partial charge in [-0.2, -0.15) is 0 Å². The van der Waals surface area contributed by atoms with Crippen LogP contribution in [-0.4, -0.2) is 0 Å². The van der Waals surface area contributed by atoms with E-state index in [0.717, 1.165) is 39.8 Å². The molecule has 0 saturated carbocycles. The van der Waals surface area contributed by atoms with Crippen LogP contribution < -0.4 is 14.7 Å². The molecule has 0 unspecified atom stereocenters. The highest BCUT2D eigenvalue weighted by Gasteiger charge is 2.38. The van der Waals surface area contributed by atoms with Crippen LogP contribution in [0.4, 0.5) is 51.2 Å². The summed E-state index contributed by atoms with van der Waals surface area (Å²) in [5, 5.41) is 12.9. The van der Waals surface area contributed by atoms with Gasteiger partial charge in [0, 0.05) is 128 Å². The number of anilines is 9. The third kappa shape index (κ3) is 13.6. The van der Waals surface area contributed by atoms with Crippen molar-refractivity contribution in [3.05, 3.63) is 476 Å². The van der Waals surface area contributed by atoms with E-state index in [4.69, 9.17) is 0 Å². The highest BCUT2D eigenvalue weighted by atomic mass is 32.1. The molecular formula is C125H91N3S3. The first-order valence-electron chi connectivity index (χ1n) is 45.4. The Morgan fingerprint density at radius 2 is 0.443 bits per heavy atom. The van der Waals surface area contributed by atoms with Gasteiger partial charge < -0.3 is 14.7 Å². The molecule has 0 radical (unpaired) electrons. The molecule has 0 saturated heterocycles. The van der Waals surface area contributed by atoms with E-state index < -0.39 is 0 Å². The Kier molecular flexibility index (Phi) is 19.2. The third-order valence-electron chi connectivity index (χ3n) is 28.0. The molecule has 3 aromatic heterocycles. The van der Waals surface area contributed by atoms with E-state index in [9.17, 15) is 0 Å². The molecule has 3 heterocycles. The van der Waals surface area contributed by atoms with Gasteiger partial charge in [-0.1, -0.05) is 345 Å². The summed E-state index contributed by atoms with van der Waals surface area (Å²) in [6, 6.07) is 163. The van der Waals surface area contributed by atoms with Crippen LogP contribution in [0.25, 0.3) is 149 Å². The summed E-state index contributed by atoms with van der Waals surface area (Å²) in [6.07, 6.45) is 0. The Hall–Kier alpha value is -15.0. The second kappa shape index (κ2) is 31.7. The number of hydrogen-bond acceptors (Lipinski definition) is 6. The minimum Gasteiger partial charge on any atom is -0.310 e. The van der Waals surface area contributed by atoms with Crippen molar-refractivity contribution in [3.8, 4) is 66.8 Å². The van der Waals surface area contributed by atoms with Crippen molar-refractivity contribution in [1.29, 1.82) is 0 Å². The number of nitrogens with zero attached hydrogens (tertiary/aromatic N) is 3. The maximum atomic E-state index is 2.41. The summed E-state index contributed by atoms with van der Waals surface area (Å²) in [5.41, 5.74) is 34.5. The van der Waals surface area contributed by atoms with Gasteiger partial charge in [-0.3, -0.25) is 0 Å². The Labute approximate surface area is 776 Å². The summed E-state index contributed by atoms with van der Waals surface area (Å²) >= 11 is 5.59. The lowest BCUT2D eigenvalue weighted by Gasteiger charge is -2.27. The van der Waals surface area contributed by atoms with E-state index in [0.29, 0.717) is 0 Å². The Balaban J connectivity index is 0.000000109. The Morgan fingerprint density at radius 1 is 0.160 bits per heavy atom. The van der Waals surface area contributed by atoms with E-state index in [2.05, 4.69) is 499 Å². The van der Waals surface area contributed by atoms with E-state index in [1.807, 2.05) is 34.0 Å². The molecule has 131 heavy (non-hydrogen) atoms. The SMILES string of the molecule is CC1(C)c2ccccc2-c2cc(-c3ccc(N(c4ccc5c(c4)sc4ccccc45)c4cccc5ccccc45)cc3)ccc21.CC1(C)c2ccccc2-c2cc(-c3ccc(N(c4ccc5ccccc5c4)c4ccc5c(c4)sc4ccccc45)cc3)ccc21.CC1(C)c2ccccc2-c2cc(-c3ccc(N(c4ccccc4)c4ccc5c(c4)sc4ccccc45)cc3)ccc21. The molecular weight excluding hydrogens is 1640 g/mol. The van der Waals surface area contributed by atoms with Crippen LogP contribution in [0.3, 0.4) is 0 Å². The zero-order chi connectivity index (χ0) is 87.8. The van der Waals surface area contributed by atoms with Crippen molar-refractivity contribution < 1.29 is 0 Å². The van der Waals surface area contributed by atoms with Gasteiger partial charge in [0.25, 0.3) is 0 Å². The number of hydrogen-bond donors (Lipinski definition) is 0. The maximum Gasteiger partial charge on any atom is 0.0540 e. The van der Waals surface area contributed by atoms with Crippen LogP contribution in [0, 0.1) is 0 Å². The highest BCUT2D eigenvalue weighted by molar-refractivity contribution is 7.26. The van der Waals surface area contributed by atoms with Crippen LogP contribution in [0.1, 0.15) is 74.9 Å². The standard InChI is InChI=1S/2C43H31NS.C39H29NS/c1-43(2)38-15-7-5-13-34(38)37-26-30(20-25-39(37)43)28-18-21-31(22-19-28)44(40-16-9-11-29-10-3-4-12-33(29)40)32-23-24-36-35-14-6-8-17-41(35)45-42(36)27-32;1-43(2)39-13-7-5-11-35(39)38-26-31(18-24-40(38)43)29-15-19-32(20-16-29)44(33-21-17-28-9-3-4-10-30(28)25-33)34-22-23-37-36-12-6-8-14-41(36)45-42(37)27-34;1-39(2)35-14-8-6-12-31(35)34-24-27(18-23-36(34)39)26-16-19-29(20-17-26)40(28-10-4-3-5-11-28)30-21-22-33-32-13-7-9-15-37(32)41-38(33)25-30/h2*3-27H,1-2H3;3-25H,1-2H3. The second-order valence-corrected chi connectivity index (χ2v) is 39.9. The van der Waals surface area contributed by atoms with Crippen molar-refractivity contribution in [2.75, 3.05) is 14.7 Å². The molecule has 624 valence electrons. The molecule has 3 aliphatic carbocycles. The van der Waals surface area contributed by atoms with Gasteiger partial charge in [0.2, 0.25) is 0 Å². The molecule has 0 atom stereocenters. The predicted octanol–water partition coefficient (Wildman–Crippen LogP) is 36.8. The molecule has 20 aromatic carbocycles. The summed E-state index contributed by atoms with van der Waals surface area (Å²) in [4.78, 5) is 7.16. The Bertz CT molecular complexity index is 8440. The van der Waals surface area contributed by atoms with Gasteiger partial charge in [0.15, 0.2) is 0 Å². The van der Waals surface area contributed by atoms with Crippen LogP contribution in [-0.2, 0) is 16.2 Å². The number of thiophene rings is 3. The normalized spacial score (nSPS) is 13.3. The van der Waals surface area contributed by atoms with Gasteiger partial charge >= 0.3 is 0 Å². The van der Waals surface area contributed by atoms with Crippen LogP contribution in [0.5, 0.6) is 0 Å². The van der Waals surface area contributed by atoms with Crippen molar-refractivity contribution in [2.45, 2.75) is 57.8 Å². The minimum absolute atomic E-state index is 0.0167.